The van der Waals surface area contributed by atoms with Gasteiger partial charge in [0.2, 0.25) is 5.95 Å². The van der Waals surface area contributed by atoms with Crippen molar-refractivity contribution in [1.82, 2.24) is 14.8 Å². The van der Waals surface area contributed by atoms with Crippen LogP contribution in [0.2, 0.25) is 0 Å². The molecule has 2 aromatic heterocycles. The lowest BCUT2D eigenvalue weighted by Gasteiger charge is -2.20. The van der Waals surface area contributed by atoms with E-state index in [1.54, 1.807) is 27.7 Å². The van der Waals surface area contributed by atoms with Crippen LogP contribution in [0.5, 0.6) is 0 Å². The summed E-state index contributed by atoms with van der Waals surface area (Å²) in [6.07, 6.45) is -3.64. The molecular weight excluding hydrogens is 356 g/mol. The minimum Gasteiger partial charge on any atom is -0.444 e. The molecule has 2 rings (SSSR count). The van der Waals surface area contributed by atoms with Gasteiger partial charge in [-0.05, 0) is 33.8 Å². The number of alkyl halides is 3. The van der Waals surface area contributed by atoms with Crippen molar-refractivity contribution < 1.29 is 27.1 Å². The molecule has 0 saturated carbocycles. The van der Waals surface area contributed by atoms with Gasteiger partial charge in [0.1, 0.15) is 5.60 Å². The van der Waals surface area contributed by atoms with Gasteiger partial charge < -0.3 is 4.74 Å². The fourth-order valence-electron chi connectivity index (χ4n) is 2.19. The number of hydrogen-bond donors (Lipinski definition) is 1. The predicted octanol–water partition coefficient (Wildman–Crippen LogP) is 4.47. The number of aryl methyl sites for hydroxylation is 1. The summed E-state index contributed by atoms with van der Waals surface area (Å²) in [4.78, 5) is 15.3. The second-order valence-corrected chi connectivity index (χ2v) is 6.40. The van der Waals surface area contributed by atoms with Crippen LogP contribution in [-0.4, -0.2) is 26.5 Å². The zero-order valence-electron chi connectivity index (χ0n) is 14.6. The average Bonchev–Trinajstić information content (AvgIpc) is 2.89. The largest absolute Gasteiger partial charge is 0.444 e. The van der Waals surface area contributed by atoms with Crippen LogP contribution in [0.25, 0.3) is 11.1 Å². The van der Waals surface area contributed by atoms with Gasteiger partial charge in [0, 0.05) is 24.5 Å². The van der Waals surface area contributed by atoms with E-state index >= 15 is 0 Å². The van der Waals surface area contributed by atoms with E-state index in [1.807, 2.05) is 0 Å². The lowest BCUT2D eigenvalue weighted by molar-refractivity contribution is -0.141. The summed E-state index contributed by atoms with van der Waals surface area (Å²) in [5.41, 5.74) is -3.33. The number of aromatic nitrogens is 3. The lowest BCUT2D eigenvalue weighted by Crippen LogP contribution is -2.27. The fraction of sp³-hybridized carbons (Fsp3) is 0.438. The highest BCUT2D eigenvalue weighted by Crippen LogP contribution is 2.39. The third-order valence-corrected chi connectivity index (χ3v) is 3.16. The Balaban J connectivity index is 2.54. The summed E-state index contributed by atoms with van der Waals surface area (Å²) in [5, 5.41) is 5.72. The topological polar surface area (TPSA) is 69.0 Å². The molecule has 0 aliphatic rings. The molecule has 0 spiro atoms. The van der Waals surface area contributed by atoms with Crippen molar-refractivity contribution in [2.75, 3.05) is 5.32 Å². The van der Waals surface area contributed by atoms with Gasteiger partial charge in [-0.15, -0.1) is 0 Å². The van der Waals surface area contributed by atoms with E-state index in [2.05, 4.69) is 15.4 Å². The van der Waals surface area contributed by atoms with Crippen LogP contribution in [0, 0.1) is 5.95 Å². The molecule has 0 unspecified atom stereocenters. The Morgan fingerprint density at radius 1 is 1.31 bits per heavy atom. The quantitative estimate of drug-likeness (QED) is 0.636. The van der Waals surface area contributed by atoms with Crippen molar-refractivity contribution in [2.24, 2.45) is 0 Å². The molecule has 1 amide bonds. The number of halogens is 4. The van der Waals surface area contributed by atoms with E-state index < -0.39 is 40.6 Å². The third-order valence-electron chi connectivity index (χ3n) is 3.16. The number of nitrogens with zero attached hydrogens (tertiary/aromatic N) is 3. The third kappa shape index (κ3) is 4.50. The van der Waals surface area contributed by atoms with E-state index in [4.69, 9.17) is 4.74 Å². The van der Waals surface area contributed by atoms with Crippen molar-refractivity contribution in [1.29, 1.82) is 0 Å². The van der Waals surface area contributed by atoms with Crippen molar-refractivity contribution in [3.05, 3.63) is 30.1 Å². The molecule has 2 heterocycles. The first-order valence-electron chi connectivity index (χ1n) is 7.72. The van der Waals surface area contributed by atoms with E-state index in [0.717, 1.165) is 17.1 Å². The second-order valence-electron chi connectivity index (χ2n) is 6.40. The number of amides is 1. The van der Waals surface area contributed by atoms with Gasteiger partial charge in [-0.1, -0.05) is 0 Å². The molecule has 142 valence electrons. The van der Waals surface area contributed by atoms with E-state index in [0.29, 0.717) is 0 Å². The predicted molar refractivity (Wildman–Crippen MR) is 85.9 cm³/mol. The van der Waals surface area contributed by atoms with Crippen molar-refractivity contribution in [2.45, 2.75) is 46.0 Å². The highest BCUT2D eigenvalue weighted by atomic mass is 19.4. The lowest BCUT2D eigenvalue weighted by atomic mass is 10.1. The van der Waals surface area contributed by atoms with Crippen LogP contribution >= 0.6 is 0 Å². The Kier molecular flexibility index (Phi) is 5.24. The molecule has 1 N–H and O–H groups in total. The maximum atomic E-state index is 14.3. The number of ether oxygens (including phenoxy) is 1. The Bertz CT molecular complexity index is 810. The summed E-state index contributed by atoms with van der Waals surface area (Å²) >= 11 is 0. The molecule has 0 bridgehead atoms. The van der Waals surface area contributed by atoms with Crippen LogP contribution in [0.4, 0.5) is 28.0 Å². The molecule has 0 aliphatic heterocycles. The summed E-state index contributed by atoms with van der Waals surface area (Å²) in [6, 6.07) is 1.19. The average molecular weight is 374 g/mol. The minimum atomic E-state index is -4.80. The number of hydrogen-bond acceptors (Lipinski definition) is 4. The van der Waals surface area contributed by atoms with Gasteiger partial charge in [-0.25, -0.2) is 9.78 Å². The van der Waals surface area contributed by atoms with Crippen molar-refractivity contribution in [3.63, 3.8) is 0 Å². The van der Waals surface area contributed by atoms with E-state index in [1.165, 1.54) is 6.07 Å². The Morgan fingerprint density at radius 3 is 2.50 bits per heavy atom. The number of nitrogens with one attached hydrogen (secondary N) is 1. The molecule has 0 saturated heterocycles. The fourth-order valence-corrected chi connectivity index (χ4v) is 2.19. The van der Waals surface area contributed by atoms with Gasteiger partial charge in [0.05, 0.1) is 11.3 Å². The van der Waals surface area contributed by atoms with Gasteiger partial charge >= 0.3 is 12.3 Å². The normalized spacial score (nSPS) is 12.2. The smallest absolute Gasteiger partial charge is 0.435 e. The zero-order chi connectivity index (χ0) is 19.7. The zero-order valence-corrected chi connectivity index (χ0v) is 14.6. The molecule has 0 aliphatic carbocycles. The van der Waals surface area contributed by atoms with Gasteiger partial charge in [-0.2, -0.15) is 22.7 Å². The summed E-state index contributed by atoms with van der Waals surface area (Å²) in [5.74, 6) is -1.17. The molecule has 6 nitrogen and oxygen atoms in total. The number of anilines is 1. The van der Waals surface area contributed by atoms with Crippen LogP contribution in [-0.2, 0) is 17.5 Å². The first-order valence-corrected chi connectivity index (χ1v) is 7.72. The van der Waals surface area contributed by atoms with Gasteiger partial charge in [0.15, 0.2) is 5.69 Å². The highest BCUT2D eigenvalue weighted by molar-refractivity contribution is 5.91. The molecule has 26 heavy (non-hydrogen) atoms. The van der Waals surface area contributed by atoms with Crippen molar-refractivity contribution >= 4 is 11.8 Å². The van der Waals surface area contributed by atoms with Crippen LogP contribution in [0.3, 0.4) is 0 Å². The standard InChI is InChI=1S/C16H18F4N4O2/c1-5-24-8-9(12(23-24)16(18,19)20)11-10(6-7-21-13(11)17)22-14(25)26-15(2,3)4/h6-8H,5H2,1-4H3,(H,21,22,25). The molecule has 0 radical (unpaired) electrons. The molecule has 0 aromatic carbocycles. The van der Waals surface area contributed by atoms with Crippen molar-refractivity contribution in [3.8, 4) is 11.1 Å². The summed E-state index contributed by atoms with van der Waals surface area (Å²) < 4.78 is 60.3. The van der Waals surface area contributed by atoms with E-state index in [-0.39, 0.29) is 12.2 Å². The maximum absolute atomic E-state index is 14.3. The second kappa shape index (κ2) is 6.93. The first kappa shape index (κ1) is 19.7. The molecule has 0 atom stereocenters. The monoisotopic (exact) mass is 374 g/mol. The SMILES string of the molecule is CCn1cc(-c2c(NC(=O)OC(C)(C)C)ccnc2F)c(C(F)(F)F)n1. The first-order chi connectivity index (χ1) is 11.9. The van der Waals surface area contributed by atoms with Gasteiger partial charge in [0.25, 0.3) is 0 Å². The Labute approximate surface area is 147 Å². The molecule has 2 aromatic rings. The molecule has 10 heteroatoms. The number of carbonyl (C=O) groups excluding carboxylic acids is 1. The highest BCUT2D eigenvalue weighted by Gasteiger charge is 2.39. The summed E-state index contributed by atoms with van der Waals surface area (Å²) in [6.45, 7) is 6.60. The van der Waals surface area contributed by atoms with Crippen LogP contribution in [0.1, 0.15) is 33.4 Å². The number of rotatable bonds is 3. The van der Waals surface area contributed by atoms with E-state index in [9.17, 15) is 22.4 Å². The maximum Gasteiger partial charge on any atom is 0.435 e. The van der Waals surface area contributed by atoms with Crippen LogP contribution < -0.4 is 5.32 Å². The minimum absolute atomic E-state index is 0.153. The summed E-state index contributed by atoms with van der Waals surface area (Å²) in [7, 11) is 0. The number of pyridine rings is 1. The molecular formula is C16H18F4N4O2. The molecule has 0 fully saturated rings. The Morgan fingerprint density at radius 2 is 1.96 bits per heavy atom. The Hall–Kier alpha value is -2.65. The van der Waals surface area contributed by atoms with Crippen LogP contribution in [0.15, 0.2) is 18.5 Å². The van der Waals surface area contributed by atoms with Gasteiger partial charge in [-0.3, -0.25) is 10.00 Å². The number of carbonyl (C=O) groups is 1.